The van der Waals surface area contributed by atoms with Crippen molar-refractivity contribution in [2.45, 2.75) is 25.8 Å². The van der Waals surface area contributed by atoms with Crippen molar-refractivity contribution in [3.8, 4) is 0 Å². The summed E-state index contributed by atoms with van der Waals surface area (Å²) in [5, 5.41) is 0. The molecule has 1 atom stereocenters. The van der Waals surface area contributed by atoms with E-state index in [9.17, 15) is 0 Å². The fourth-order valence-electron chi connectivity index (χ4n) is 2.90. The van der Waals surface area contributed by atoms with Crippen LogP contribution >= 0.6 is 0 Å². The maximum absolute atomic E-state index is 5.93. The molecule has 0 bridgehead atoms. The molecule has 5 nitrogen and oxygen atoms in total. The van der Waals surface area contributed by atoms with Crippen molar-refractivity contribution in [1.82, 2.24) is 9.88 Å². The molecule has 1 aliphatic heterocycles. The van der Waals surface area contributed by atoms with Crippen LogP contribution in [0.15, 0.2) is 22.6 Å². The van der Waals surface area contributed by atoms with E-state index in [1.54, 1.807) is 0 Å². The summed E-state index contributed by atoms with van der Waals surface area (Å²) in [6, 6.07) is 6.80. The summed E-state index contributed by atoms with van der Waals surface area (Å²) in [5.41, 5.74) is 8.18. The van der Waals surface area contributed by atoms with Gasteiger partial charge in [-0.3, -0.25) is 0 Å². The number of nitrogens with two attached hydrogens (primary N) is 1. The number of rotatable bonds is 2. The van der Waals surface area contributed by atoms with Crippen molar-refractivity contribution in [2.75, 3.05) is 37.3 Å². The van der Waals surface area contributed by atoms with Gasteiger partial charge in [0.15, 0.2) is 5.58 Å². The van der Waals surface area contributed by atoms with Crippen molar-refractivity contribution in [1.29, 1.82) is 0 Å². The molecule has 2 heterocycles. The van der Waals surface area contributed by atoms with E-state index in [-0.39, 0.29) is 0 Å². The van der Waals surface area contributed by atoms with Crippen molar-refractivity contribution in [2.24, 2.45) is 0 Å². The first-order valence-corrected chi connectivity index (χ1v) is 7.28. The smallest absolute Gasteiger partial charge is 0.298 e. The van der Waals surface area contributed by atoms with E-state index in [2.05, 4.69) is 28.8 Å². The highest BCUT2D eigenvalue weighted by Gasteiger charge is 2.25. The lowest BCUT2D eigenvalue weighted by atomic mass is 10.2. The number of benzene rings is 1. The first-order chi connectivity index (χ1) is 9.67. The van der Waals surface area contributed by atoms with Gasteiger partial charge in [-0.15, -0.1) is 0 Å². The Morgan fingerprint density at radius 2 is 2.25 bits per heavy atom. The second-order valence-corrected chi connectivity index (χ2v) is 5.59. The lowest BCUT2D eigenvalue weighted by Gasteiger charge is -2.28. The van der Waals surface area contributed by atoms with Gasteiger partial charge in [0.25, 0.3) is 6.01 Å². The molecule has 2 aromatic rings. The van der Waals surface area contributed by atoms with Crippen LogP contribution in [0.1, 0.15) is 19.8 Å². The van der Waals surface area contributed by atoms with E-state index in [1.165, 1.54) is 0 Å². The van der Waals surface area contributed by atoms with Crippen LogP contribution in [0.4, 0.5) is 11.7 Å². The Balaban J connectivity index is 1.95. The maximum Gasteiger partial charge on any atom is 0.298 e. The third-order valence-corrected chi connectivity index (χ3v) is 4.02. The molecule has 108 valence electrons. The zero-order valence-electron chi connectivity index (χ0n) is 12.2. The van der Waals surface area contributed by atoms with Crippen molar-refractivity contribution in [3.05, 3.63) is 18.2 Å². The maximum atomic E-state index is 5.93. The van der Waals surface area contributed by atoms with Gasteiger partial charge in [0.05, 0.1) is 0 Å². The number of aromatic nitrogens is 1. The Labute approximate surface area is 119 Å². The van der Waals surface area contributed by atoms with Crippen molar-refractivity contribution < 1.29 is 4.42 Å². The molecule has 1 fully saturated rings. The number of hydrogen-bond acceptors (Lipinski definition) is 5. The number of anilines is 2. The fraction of sp³-hybridized carbons (Fsp3) is 0.533. The molecule has 3 rings (SSSR count). The predicted molar refractivity (Wildman–Crippen MR) is 82.0 cm³/mol. The van der Waals surface area contributed by atoms with Gasteiger partial charge in [-0.25, -0.2) is 0 Å². The van der Waals surface area contributed by atoms with Gasteiger partial charge in [0, 0.05) is 24.8 Å². The molecule has 0 aliphatic carbocycles. The number of nitrogen functional groups attached to an aromatic ring is 1. The lowest BCUT2D eigenvalue weighted by Crippen LogP contribution is -2.40. The minimum atomic E-state index is 0.452. The summed E-state index contributed by atoms with van der Waals surface area (Å²) in [4.78, 5) is 9.31. The fourth-order valence-corrected chi connectivity index (χ4v) is 2.90. The van der Waals surface area contributed by atoms with Crippen LogP contribution in [0, 0.1) is 0 Å². The average molecular weight is 274 g/mol. The van der Waals surface area contributed by atoms with Gasteiger partial charge in [-0.1, -0.05) is 6.92 Å². The zero-order chi connectivity index (χ0) is 14.1. The minimum absolute atomic E-state index is 0.452. The topological polar surface area (TPSA) is 58.5 Å². The summed E-state index contributed by atoms with van der Waals surface area (Å²) in [7, 11) is 2.18. The number of oxazole rings is 1. The molecular weight excluding hydrogens is 252 g/mol. The minimum Gasteiger partial charge on any atom is -0.423 e. The quantitative estimate of drug-likeness (QED) is 0.852. The second-order valence-electron chi connectivity index (χ2n) is 5.59. The van der Waals surface area contributed by atoms with Crippen LogP contribution in [0.5, 0.6) is 0 Å². The van der Waals surface area contributed by atoms with Crippen LogP contribution in [-0.4, -0.2) is 42.6 Å². The van der Waals surface area contributed by atoms with Gasteiger partial charge in [-0.05, 0) is 44.6 Å². The lowest BCUT2D eigenvalue weighted by molar-refractivity contribution is 0.325. The molecule has 1 aromatic carbocycles. The molecule has 1 aliphatic rings. The molecule has 0 spiro atoms. The molecule has 1 aromatic heterocycles. The number of likely N-dealkylation sites (N-methyl/N-ethyl adjacent to an activating group) is 1. The van der Waals surface area contributed by atoms with E-state index in [1.807, 2.05) is 18.2 Å². The van der Waals surface area contributed by atoms with Crippen LogP contribution in [0.2, 0.25) is 0 Å². The summed E-state index contributed by atoms with van der Waals surface area (Å²) < 4.78 is 5.93. The normalized spacial score (nSPS) is 21.3. The predicted octanol–water partition coefficient (Wildman–Crippen LogP) is 2.33. The Morgan fingerprint density at radius 1 is 1.40 bits per heavy atom. The Hall–Kier alpha value is -1.75. The molecule has 1 unspecified atom stereocenters. The average Bonchev–Trinajstić information content (AvgIpc) is 2.74. The van der Waals surface area contributed by atoms with Gasteiger partial charge in [0.1, 0.15) is 5.52 Å². The molecule has 2 N–H and O–H groups in total. The largest absolute Gasteiger partial charge is 0.423 e. The third-order valence-electron chi connectivity index (χ3n) is 4.02. The SMILES string of the molecule is CCC1CN(C)CCCN1c1nc2cc(N)ccc2o1. The van der Waals surface area contributed by atoms with Crippen LogP contribution in [-0.2, 0) is 0 Å². The van der Waals surface area contributed by atoms with Gasteiger partial charge in [0.2, 0.25) is 0 Å². The van der Waals surface area contributed by atoms with Crippen LogP contribution in [0.25, 0.3) is 11.1 Å². The van der Waals surface area contributed by atoms with Gasteiger partial charge >= 0.3 is 0 Å². The summed E-state index contributed by atoms with van der Waals surface area (Å²) in [6.07, 6.45) is 2.22. The molecule has 1 saturated heterocycles. The molecule has 0 radical (unpaired) electrons. The summed E-state index contributed by atoms with van der Waals surface area (Å²) in [6.45, 7) is 5.39. The van der Waals surface area contributed by atoms with Crippen LogP contribution in [0.3, 0.4) is 0 Å². The molecule has 0 saturated carbocycles. The zero-order valence-corrected chi connectivity index (χ0v) is 12.2. The molecule has 20 heavy (non-hydrogen) atoms. The number of fused-ring (bicyclic) bond motifs is 1. The molecule has 5 heteroatoms. The van der Waals surface area contributed by atoms with E-state index < -0.39 is 0 Å². The Bertz CT molecular complexity index is 595. The molecular formula is C15H22N4O. The van der Waals surface area contributed by atoms with E-state index in [0.29, 0.717) is 6.04 Å². The van der Waals surface area contributed by atoms with E-state index in [4.69, 9.17) is 10.2 Å². The molecule has 0 amide bonds. The number of hydrogen-bond donors (Lipinski definition) is 1. The standard InChI is InChI=1S/C15H22N4O/c1-3-12-10-18(2)7-4-8-19(12)15-17-13-9-11(16)5-6-14(13)20-15/h5-6,9,12H,3-4,7-8,10,16H2,1-2H3. The number of nitrogens with zero attached hydrogens (tertiary/aromatic N) is 3. The Kier molecular flexibility index (Phi) is 3.53. The Morgan fingerprint density at radius 3 is 3.05 bits per heavy atom. The first kappa shape index (κ1) is 13.2. The highest BCUT2D eigenvalue weighted by molar-refractivity contribution is 5.78. The first-order valence-electron chi connectivity index (χ1n) is 7.28. The highest BCUT2D eigenvalue weighted by Crippen LogP contribution is 2.26. The van der Waals surface area contributed by atoms with Crippen molar-refractivity contribution in [3.63, 3.8) is 0 Å². The van der Waals surface area contributed by atoms with Crippen LogP contribution < -0.4 is 10.6 Å². The van der Waals surface area contributed by atoms with Crippen molar-refractivity contribution >= 4 is 22.8 Å². The highest BCUT2D eigenvalue weighted by atomic mass is 16.4. The third kappa shape index (κ3) is 2.45. The monoisotopic (exact) mass is 274 g/mol. The summed E-state index contributed by atoms with van der Waals surface area (Å²) in [5.74, 6) is 0. The van der Waals surface area contributed by atoms with E-state index >= 15 is 0 Å². The summed E-state index contributed by atoms with van der Waals surface area (Å²) >= 11 is 0. The van der Waals surface area contributed by atoms with Gasteiger partial charge in [-0.2, -0.15) is 4.98 Å². The van der Waals surface area contributed by atoms with Gasteiger partial charge < -0.3 is 20.0 Å². The second kappa shape index (κ2) is 5.32. The van der Waals surface area contributed by atoms with E-state index in [0.717, 1.165) is 55.3 Å².